The van der Waals surface area contributed by atoms with Gasteiger partial charge in [-0.1, -0.05) is 32.4 Å². The number of nitrogens with zero attached hydrogens (tertiary/aromatic N) is 1. The second-order valence-corrected chi connectivity index (χ2v) is 10.7. The lowest BCUT2D eigenvalue weighted by Crippen LogP contribution is -2.37. The van der Waals surface area contributed by atoms with Crippen molar-refractivity contribution >= 4 is 21.6 Å². The molecule has 25 heavy (non-hydrogen) atoms. The van der Waals surface area contributed by atoms with Crippen molar-refractivity contribution in [3.05, 3.63) is 28.8 Å². The van der Waals surface area contributed by atoms with Gasteiger partial charge in [0.15, 0.2) is 0 Å². The summed E-state index contributed by atoms with van der Waals surface area (Å²) in [6.45, 7) is 6.70. The molecule has 0 N–H and O–H groups in total. The lowest BCUT2D eigenvalue weighted by Gasteiger charge is -2.39. The monoisotopic (exact) mass is 395 g/mol. The first-order chi connectivity index (χ1) is 11.2. The van der Waals surface area contributed by atoms with E-state index in [0.717, 1.165) is 31.4 Å². The Balaban J connectivity index is 1.98. The predicted octanol–water partition coefficient (Wildman–Crippen LogP) is 4.95. The van der Waals surface area contributed by atoms with Crippen LogP contribution in [0.3, 0.4) is 0 Å². The van der Waals surface area contributed by atoms with Gasteiger partial charge in [-0.2, -0.15) is 17.5 Å². The fourth-order valence-electron chi connectivity index (χ4n) is 4.70. The van der Waals surface area contributed by atoms with E-state index >= 15 is 0 Å². The van der Waals surface area contributed by atoms with E-state index in [-0.39, 0.29) is 26.8 Å². The molecule has 0 spiro atoms. The van der Waals surface area contributed by atoms with E-state index in [9.17, 15) is 21.6 Å². The van der Waals surface area contributed by atoms with Gasteiger partial charge in [-0.25, -0.2) is 8.42 Å². The topological polar surface area (TPSA) is 37.4 Å². The van der Waals surface area contributed by atoms with Gasteiger partial charge < -0.3 is 0 Å². The first kappa shape index (κ1) is 19.0. The molecule has 2 aliphatic rings. The molecule has 2 atom stereocenters. The normalized spacial score (nSPS) is 29.8. The largest absolute Gasteiger partial charge is 0.416 e. The van der Waals surface area contributed by atoms with Crippen LogP contribution in [0.4, 0.5) is 13.2 Å². The van der Waals surface area contributed by atoms with E-state index in [0.29, 0.717) is 12.6 Å². The maximum atomic E-state index is 13.1. The number of halogens is 4. The number of hydrogen-bond donors (Lipinski definition) is 0. The third kappa shape index (κ3) is 3.43. The zero-order valence-electron chi connectivity index (χ0n) is 14.3. The van der Waals surface area contributed by atoms with E-state index in [1.807, 2.05) is 0 Å². The summed E-state index contributed by atoms with van der Waals surface area (Å²) in [6, 6.07) is 2.28. The second-order valence-electron chi connectivity index (χ2n) is 8.41. The molecular weight excluding hydrogens is 375 g/mol. The first-order valence-corrected chi connectivity index (χ1v) is 9.94. The molecule has 1 saturated heterocycles. The van der Waals surface area contributed by atoms with E-state index in [2.05, 4.69) is 20.8 Å². The molecule has 1 aliphatic carbocycles. The molecular formula is C17H21ClF3NO2S. The van der Waals surface area contributed by atoms with Crippen molar-refractivity contribution in [3.8, 4) is 0 Å². The molecule has 0 radical (unpaired) electrons. The van der Waals surface area contributed by atoms with Crippen LogP contribution in [-0.4, -0.2) is 25.3 Å². The minimum Gasteiger partial charge on any atom is -0.207 e. The summed E-state index contributed by atoms with van der Waals surface area (Å²) in [5, 5.41) is -0.388. The number of hydrogen-bond acceptors (Lipinski definition) is 2. The van der Waals surface area contributed by atoms with Crippen molar-refractivity contribution in [1.82, 2.24) is 4.31 Å². The molecule has 1 aromatic rings. The Morgan fingerprint density at radius 2 is 1.84 bits per heavy atom. The van der Waals surface area contributed by atoms with Gasteiger partial charge in [-0.3, -0.25) is 0 Å². The van der Waals surface area contributed by atoms with Crippen LogP contribution in [0, 0.1) is 10.8 Å². The number of benzene rings is 1. The molecule has 1 aliphatic heterocycles. The van der Waals surface area contributed by atoms with Crippen LogP contribution in [0.1, 0.15) is 45.6 Å². The van der Waals surface area contributed by atoms with Gasteiger partial charge in [0.1, 0.15) is 4.90 Å². The third-order valence-electron chi connectivity index (χ3n) is 5.21. The quantitative estimate of drug-likeness (QED) is 0.710. The molecule has 1 aromatic carbocycles. The standard InChI is InChI=1S/C17H21ClF3NO2S/c1-15(2)7-12-8-16(3,9-15)10-22(12)25(23,24)14-5-4-11(6-13(14)18)17(19,20)21/h4-6,12H,7-10H2,1-3H3. The molecule has 2 bridgehead atoms. The van der Waals surface area contributed by atoms with Gasteiger partial charge in [0.2, 0.25) is 10.0 Å². The molecule has 140 valence electrons. The highest BCUT2D eigenvalue weighted by atomic mass is 35.5. The maximum absolute atomic E-state index is 13.1. The van der Waals surface area contributed by atoms with E-state index in [4.69, 9.17) is 11.6 Å². The van der Waals surface area contributed by atoms with Gasteiger partial charge in [-0.15, -0.1) is 0 Å². The van der Waals surface area contributed by atoms with Crippen LogP contribution in [0.5, 0.6) is 0 Å². The Morgan fingerprint density at radius 1 is 1.20 bits per heavy atom. The van der Waals surface area contributed by atoms with E-state index < -0.39 is 21.8 Å². The van der Waals surface area contributed by atoms with E-state index in [1.165, 1.54) is 4.31 Å². The Labute approximate surface area is 151 Å². The highest BCUT2D eigenvalue weighted by molar-refractivity contribution is 7.89. The molecule has 3 rings (SSSR count). The molecule has 1 saturated carbocycles. The zero-order chi connectivity index (χ0) is 18.8. The molecule has 0 aromatic heterocycles. The molecule has 3 nitrogen and oxygen atoms in total. The Morgan fingerprint density at radius 3 is 2.40 bits per heavy atom. The summed E-state index contributed by atoms with van der Waals surface area (Å²) in [7, 11) is -3.94. The summed E-state index contributed by atoms with van der Waals surface area (Å²) in [6.07, 6.45) is -2.13. The van der Waals surface area contributed by atoms with Crippen molar-refractivity contribution in [1.29, 1.82) is 0 Å². The Hall–Kier alpha value is -0.790. The highest BCUT2D eigenvalue weighted by Crippen LogP contribution is 2.54. The summed E-state index contributed by atoms with van der Waals surface area (Å²) in [5.74, 6) is 0. The number of sulfonamides is 1. The van der Waals surface area contributed by atoms with Crippen molar-refractivity contribution < 1.29 is 21.6 Å². The average molecular weight is 396 g/mol. The van der Waals surface area contributed by atoms with E-state index in [1.54, 1.807) is 0 Å². The van der Waals surface area contributed by atoms with Gasteiger partial charge in [0, 0.05) is 12.6 Å². The van der Waals surface area contributed by atoms with Gasteiger partial charge >= 0.3 is 6.18 Å². The molecule has 2 fully saturated rings. The lowest BCUT2D eigenvalue weighted by molar-refractivity contribution is -0.137. The highest BCUT2D eigenvalue weighted by Gasteiger charge is 2.53. The van der Waals surface area contributed by atoms with Gasteiger partial charge in [0.25, 0.3) is 0 Å². The summed E-state index contributed by atoms with van der Waals surface area (Å²) >= 11 is 5.93. The van der Waals surface area contributed by atoms with Crippen LogP contribution in [0.25, 0.3) is 0 Å². The predicted molar refractivity (Wildman–Crippen MR) is 89.9 cm³/mol. The second kappa shape index (κ2) is 5.60. The number of rotatable bonds is 2. The Kier molecular flexibility index (Phi) is 4.25. The maximum Gasteiger partial charge on any atom is 0.416 e. The summed E-state index contributed by atoms with van der Waals surface area (Å²) in [5.41, 5.74) is -1.03. The summed E-state index contributed by atoms with van der Waals surface area (Å²) in [4.78, 5) is -0.254. The lowest BCUT2D eigenvalue weighted by atomic mass is 9.65. The van der Waals surface area contributed by atoms with Crippen LogP contribution in [-0.2, 0) is 16.2 Å². The smallest absolute Gasteiger partial charge is 0.207 e. The van der Waals surface area contributed by atoms with Crippen molar-refractivity contribution in [3.63, 3.8) is 0 Å². The third-order valence-corrected chi connectivity index (χ3v) is 7.59. The average Bonchev–Trinajstić information content (AvgIpc) is 2.67. The van der Waals surface area contributed by atoms with Crippen LogP contribution in [0.2, 0.25) is 5.02 Å². The van der Waals surface area contributed by atoms with Crippen LogP contribution in [0.15, 0.2) is 23.1 Å². The fourth-order valence-corrected chi connectivity index (χ4v) is 7.00. The molecule has 0 amide bonds. The summed E-state index contributed by atoms with van der Waals surface area (Å²) < 4.78 is 66.0. The van der Waals surface area contributed by atoms with Crippen molar-refractivity contribution in [2.75, 3.05) is 6.54 Å². The van der Waals surface area contributed by atoms with Crippen molar-refractivity contribution in [2.24, 2.45) is 10.8 Å². The molecule has 8 heteroatoms. The Bertz CT molecular complexity index is 807. The minimum absolute atomic E-state index is 0.0336. The van der Waals surface area contributed by atoms with Crippen LogP contribution >= 0.6 is 11.6 Å². The van der Waals surface area contributed by atoms with Crippen LogP contribution < -0.4 is 0 Å². The minimum atomic E-state index is -4.56. The SMILES string of the molecule is CC1(C)CC2CC(C)(CN2S(=O)(=O)c2ccc(C(F)(F)F)cc2Cl)C1. The molecule has 1 heterocycles. The van der Waals surface area contributed by atoms with Gasteiger partial charge in [0.05, 0.1) is 10.6 Å². The fraction of sp³-hybridized carbons (Fsp3) is 0.647. The van der Waals surface area contributed by atoms with Gasteiger partial charge in [-0.05, 0) is 48.3 Å². The zero-order valence-corrected chi connectivity index (χ0v) is 15.9. The number of fused-ring (bicyclic) bond motifs is 2. The number of alkyl halides is 3. The first-order valence-electron chi connectivity index (χ1n) is 8.12. The van der Waals surface area contributed by atoms with Crippen molar-refractivity contribution in [2.45, 2.75) is 57.1 Å². The molecule has 2 unspecified atom stereocenters.